The summed E-state index contributed by atoms with van der Waals surface area (Å²) >= 11 is 0. The number of benzene rings is 1. The number of ether oxygens (including phenoxy) is 3. The molecule has 1 aromatic carbocycles. The van der Waals surface area contributed by atoms with E-state index in [9.17, 15) is 0 Å². The molecule has 2 saturated heterocycles. The Balaban J connectivity index is 2.02. The zero-order chi connectivity index (χ0) is 12.6. The molecule has 0 atom stereocenters. The van der Waals surface area contributed by atoms with Crippen LogP contribution in [0.2, 0.25) is 0 Å². The third-order valence-corrected chi connectivity index (χ3v) is 4.23. The lowest BCUT2D eigenvalue weighted by Gasteiger charge is -2.51. The molecule has 1 aromatic rings. The highest BCUT2D eigenvalue weighted by Gasteiger charge is 2.50. The van der Waals surface area contributed by atoms with Crippen LogP contribution in [0.4, 0.5) is 0 Å². The third-order valence-electron chi connectivity index (χ3n) is 4.23. The maximum Gasteiger partial charge on any atom is 0.123 e. The van der Waals surface area contributed by atoms with E-state index in [0.717, 1.165) is 37.8 Å². The van der Waals surface area contributed by atoms with Gasteiger partial charge in [-0.2, -0.15) is 0 Å². The predicted octanol–water partition coefficient (Wildman–Crippen LogP) is 1.19. The van der Waals surface area contributed by atoms with Crippen LogP contribution in [0.1, 0.15) is 5.56 Å². The molecule has 4 nitrogen and oxygen atoms in total. The fraction of sp³-hybridized carbons (Fsp3) is 0.571. The van der Waals surface area contributed by atoms with Crippen LogP contribution < -0.4 is 14.8 Å². The van der Waals surface area contributed by atoms with Crippen molar-refractivity contribution in [2.75, 3.05) is 40.5 Å². The molecule has 3 rings (SSSR count). The van der Waals surface area contributed by atoms with Crippen molar-refractivity contribution in [1.29, 1.82) is 0 Å². The molecule has 2 fully saturated rings. The first-order valence-electron chi connectivity index (χ1n) is 6.31. The summed E-state index contributed by atoms with van der Waals surface area (Å²) in [5, 5.41) is 3.34. The van der Waals surface area contributed by atoms with Crippen molar-refractivity contribution in [3.8, 4) is 11.5 Å². The Kier molecular flexibility index (Phi) is 2.92. The van der Waals surface area contributed by atoms with Gasteiger partial charge in [-0.15, -0.1) is 0 Å². The number of hydrogen-bond donors (Lipinski definition) is 1. The molecule has 0 radical (unpaired) electrons. The Hall–Kier alpha value is -1.26. The SMILES string of the molecule is COc1ccc(OC)c(C2(C3CNC3)COC2)c1. The van der Waals surface area contributed by atoms with Gasteiger partial charge < -0.3 is 19.5 Å². The second kappa shape index (κ2) is 4.44. The fourth-order valence-electron chi connectivity index (χ4n) is 2.82. The number of methoxy groups -OCH3 is 2. The van der Waals surface area contributed by atoms with E-state index in [1.807, 2.05) is 12.1 Å². The summed E-state index contributed by atoms with van der Waals surface area (Å²) in [6, 6.07) is 6.02. The first-order chi connectivity index (χ1) is 8.80. The highest BCUT2D eigenvalue weighted by Crippen LogP contribution is 2.46. The molecular weight excluding hydrogens is 230 g/mol. The van der Waals surface area contributed by atoms with Crippen molar-refractivity contribution in [3.63, 3.8) is 0 Å². The van der Waals surface area contributed by atoms with Crippen molar-refractivity contribution < 1.29 is 14.2 Å². The Morgan fingerprint density at radius 3 is 2.44 bits per heavy atom. The van der Waals surface area contributed by atoms with Gasteiger partial charge in [-0.3, -0.25) is 0 Å². The first kappa shape index (κ1) is 11.8. The Labute approximate surface area is 107 Å². The lowest BCUT2D eigenvalue weighted by molar-refractivity contribution is -0.102. The van der Waals surface area contributed by atoms with E-state index in [1.54, 1.807) is 14.2 Å². The maximum atomic E-state index is 5.51. The molecule has 0 amide bonds. The van der Waals surface area contributed by atoms with Gasteiger partial charge in [0.25, 0.3) is 0 Å². The van der Waals surface area contributed by atoms with Gasteiger partial charge in [0.1, 0.15) is 11.5 Å². The van der Waals surface area contributed by atoms with Gasteiger partial charge in [-0.25, -0.2) is 0 Å². The Morgan fingerprint density at radius 1 is 1.22 bits per heavy atom. The van der Waals surface area contributed by atoms with E-state index in [-0.39, 0.29) is 5.41 Å². The second-order valence-electron chi connectivity index (χ2n) is 5.07. The minimum Gasteiger partial charge on any atom is -0.497 e. The fourth-order valence-corrected chi connectivity index (χ4v) is 2.82. The van der Waals surface area contributed by atoms with Gasteiger partial charge >= 0.3 is 0 Å². The molecule has 1 N–H and O–H groups in total. The summed E-state index contributed by atoms with van der Waals surface area (Å²) in [4.78, 5) is 0. The molecule has 0 unspecified atom stereocenters. The van der Waals surface area contributed by atoms with Crippen LogP contribution >= 0.6 is 0 Å². The van der Waals surface area contributed by atoms with Crippen LogP contribution in [-0.2, 0) is 10.2 Å². The zero-order valence-electron chi connectivity index (χ0n) is 10.9. The zero-order valence-corrected chi connectivity index (χ0v) is 10.9. The van der Waals surface area contributed by atoms with Crippen LogP contribution in [-0.4, -0.2) is 40.5 Å². The smallest absolute Gasteiger partial charge is 0.123 e. The molecule has 0 aromatic heterocycles. The summed E-state index contributed by atoms with van der Waals surface area (Å²) in [6.45, 7) is 3.68. The number of nitrogens with one attached hydrogen (secondary N) is 1. The van der Waals surface area contributed by atoms with Gasteiger partial charge in [-0.05, 0) is 24.1 Å². The third kappa shape index (κ3) is 1.60. The molecule has 0 aliphatic carbocycles. The van der Waals surface area contributed by atoms with Crippen LogP contribution in [0.25, 0.3) is 0 Å². The van der Waals surface area contributed by atoms with Crippen LogP contribution in [0.5, 0.6) is 11.5 Å². The lowest BCUT2D eigenvalue weighted by atomic mass is 9.66. The van der Waals surface area contributed by atoms with E-state index in [2.05, 4.69) is 11.4 Å². The summed E-state index contributed by atoms with van der Waals surface area (Å²) in [7, 11) is 3.41. The molecule has 98 valence electrons. The number of hydrogen-bond acceptors (Lipinski definition) is 4. The highest BCUT2D eigenvalue weighted by molar-refractivity contribution is 5.47. The average molecular weight is 249 g/mol. The highest BCUT2D eigenvalue weighted by atomic mass is 16.5. The summed E-state index contributed by atoms with van der Waals surface area (Å²) in [5.41, 5.74) is 1.33. The normalized spacial score (nSPS) is 21.9. The molecule has 18 heavy (non-hydrogen) atoms. The summed E-state index contributed by atoms with van der Waals surface area (Å²) in [5.74, 6) is 2.45. The predicted molar refractivity (Wildman–Crippen MR) is 68.4 cm³/mol. The average Bonchev–Trinajstić information content (AvgIpc) is 2.30. The topological polar surface area (TPSA) is 39.7 Å². The molecule has 2 heterocycles. The molecule has 4 heteroatoms. The van der Waals surface area contributed by atoms with Gasteiger partial charge in [-0.1, -0.05) is 0 Å². The molecular formula is C14H19NO3. The first-order valence-corrected chi connectivity index (χ1v) is 6.31. The molecule has 0 spiro atoms. The quantitative estimate of drug-likeness (QED) is 0.870. The Bertz CT molecular complexity index is 439. The van der Waals surface area contributed by atoms with Gasteiger partial charge in [0.2, 0.25) is 0 Å². The largest absolute Gasteiger partial charge is 0.497 e. The summed E-state index contributed by atoms with van der Waals surface area (Å²) in [6.07, 6.45) is 0. The number of rotatable bonds is 4. The molecule has 2 aliphatic rings. The minimum absolute atomic E-state index is 0.102. The standard InChI is InChI=1S/C14H19NO3/c1-16-11-3-4-13(17-2)12(5-11)14(8-18-9-14)10-6-15-7-10/h3-5,10,15H,6-9H2,1-2H3. The van der Waals surface area contributed by atoms with Gasteiger partial charge in [0.05, 0.1) is 32.8 Å². The van der Waals surface area contributed by atoms with E-state index in [0.29, 0.717) is 5.92 Å². The Morgan fingerprint density at radius 2 is 2.00 bits per heavy atom. The van der Waals surface area contributed by atoms with E-state index >= 15 is 0 Å². The van der Waals surface area contributed by atoms with Gasteiger partial charge in [0.15, 0.2) is 0 Å². The van der Waals surface area contributed by atoms with E-state index in [1.165, 1.54) is 5.56 Å². The van der Waals surface area contributed by atoms with Crippen LogP contribution in [0, 0.1) is 5.92 Å². The van der Waals surface area contributed by atoms with Crippen LogP contribution in [0.3, 0.4) is 0 Å². The van der Waals surface area contributed by atoms with Crippen molar-refractivity contribution in [2.45, 2.75) is 5.41 Å². The van der Waals surface area contributed by atoms with Crippen molar-refractivity contribution in [2.24, 2.45) is 5.92 Å². The second-order valence-corrected chi connectivity index (χ2v) is 5.07. The van der Waals surface area contributed by atoms with Crippen molar-refractivity contribution in [1.82, 2.24) is 5.32 Å². The summed E-state index contributed by atoms with van der Waals surface area (Å²) < 4.78 is 16.3. The van der Waals surface area contributed by atoms with Gasteiger partial charge in [0, 0.05) is 18.7 Å². The van der Waals surface area contributed by atoms with Crippen LogP contribution in [0.15, 0.2) is 18.2 Å². The van der Waals surface area contributed by atoms with E-state index in [4.69, 9.17) is 14.2 Å². The lowest BCUT2D eigenvalue weighted by Crippen LogP contribution is -2.62. The van der Waals surface area contributed by atoms with E-state index < -0.39 is 0 Å². The monoisotopic (exact) mass is 249 g/mol. The maximum absolute atomic E-state index is 5.51. The molecule has 2 aliphatic heterocycles. The minimum atomic E-state index is 0.102. The van der Waals surface area contributed by atoms with Crippen molar-refractivity contribution >= 4 is 0 Å². The van der Waals surface area contributed by atoms with Crippen molar-refractivity contribution in [3.05, 3.63) is 23.8 Å². The molecule has 0 saturated carbocycles. The molecule has 0 bridgehead atoms.